The van der Waals surface area contributed by atoms with E-state index in [-0.39, 0.29) is 11.7 Å². The Balaban J connectivity index is 2.40. The first-order valence-electron chi connectivity index (χ1n) is 6.33. The van der Waals surface area contributed by atoms with Crippen LogP contribution < -0.4 is 4.74 Å². The van der Waals surface area contributed by atoms with Crippen molar-refractivity contribution in [1.82, 2.24) is 0 Å². The molecule has 0 aliphatic carbocycles. The Labute approximate surface area is 125 Å². The van der Waals surface area contributed by atoms with Gasteiger partial charge in [0.1, 0.15) is 5.75 Å². The van der Waals surface area contributed by atoms with E-state index in [4.69, 9.17) is 4.74 Å². The van der Waals surface area contributed by atoms with Crippen molar-refractivity contribution >= 4 is 15.9 Å². The van der Waals surface area contributed by atoms with Gasteiger partial charge in [-0.15, -0.1) is 0 Å². The lowest BCUT2D eigenvalue weighted by molar-refractivity contribution is 0.402. The number of halogens is 3. The predicted molar refractivity (Wildman–Crippen MR) is 79.6 cm³/mol. The molecule has 0 fully saturated rings. The summed E-state index contributed by atoms with van der Waals surface area (Å²) in [5, 5.41) is 0.393. The van der Waals surface area contributed by atoms with Crippen LogP contribution in [0.15, 0.2) is 36.4 Å². The maximum absolute atomic E-state index is 13.9. The number of rotatable bonds is 4. The second-order valence-corrected chi connectivity index (χ2v) is 5.38. The van der Waals surface area contributed by atoms with Gasteiger partial charge in [0.05, 0.1) is 0 Å². The third-order valence-corrected chi connectivity index (χ3v) is 3.61. The molecule has 20 heavy (non-hydrogen) atoms. The summed E-state index contributed by atoms with van der Waals surface area (Å²) in [5.74, 6) is -1.06. The van der Waals surface area contributed by atoms with E-state index in [2.05, 4.69) is 15.9 Å². The summed E-state index contributed by atoms with van der Waals surface area (Å²) in [7, 11) is 0. The molecule has 106 valence electrons. The molecule has 0 aromatic heterocycles. The molecule has 0 heterocycles. The molecule has 0 saturated heterocycles. The predicted octanol–water partition coefficient (Wildman–Crippen LogP) is 5.78. The minimum atomic E-state index is -0.696. The van der Waals surface area contributed by atoms with Crippen LogP contribution in [0.4, 0.5) is 8.78 Å². The van der Waals surface area contributed by atoms with Crippen LogP contribution in [-0.2, 0) is 5.33 Å². The zero-order valence-corrected chi connectivity index (χ0v) is 12.9. The summed E-state index contributed by atoms with van der Waals surface area (Å²) >= 11 is 3.17. The molecule has 0 atom stereocenters. The van der Waals surface area contributed by atoms with Gasteiger partial charge >= 0.3 is 0 Å². The van der Waals surface area contributed by atoms with Gasteiger partial charge in [-0.25, -0.2) is 8.78 Å². The first kappa shape index (κ1) is 15.0. The molecule has 0 unspecified atom stereocenters. The number of benzene rings is 2. The second-order valence-electron chi connectivity index (χ2n) is 4.82. The van der Waals surface area contributed by atoms with E-state index in [1.165, 1.54) is 12.1 Å². The first-order valence-corrected chi connectivity index (χ1v) is 7.45. The van der Waals surface area contributed by atoms with Gasteiger partial charge < -0.3 is 4.74 Å². The van der Waals surface area contributed by atoms with Gasteiger partial charge in [-0.05, 0) is 35.2 Å². The van der Waals surface area contributed by atoms with Crippen LogP contribution in [0.3, 0.4) is 0 Å². The van der Waals surface area contributed by atoms with Gasteiger partial charge in [-0.2, -0.15) is 0 Å². The van der Waals surface area contributed by atoms with Crippen LogP contribution in [0.2, 0.25) is 0 Å². The summed E-state index contributed by atoms with van der Waals surface area (Å²) in [6, 6.07) is 9.80. The maximum atomic E-state index is 13.9. The smallest absolute Gasteiger partial charge is 0.198 e. The van der Waals surface area contributed by atoms with Crippen molar-refractivity contribution in [3.8, 4) is 11.5 Å². The van der Waals surface area contributed by atoms with E-state index in [1.807, 2.05) is 26.0 Å². The molecule has 0 radical (unpaired) electrons. The number of hydrogen-bond acceptors (Lipinski definition) is 1. The highest BCUT2D eigenvalue weighted by atomic mass is 79.9. The maximum Gasteiger partial charge on any atom is 0.198 e. The third kappa shape index (κ3) is 3.18. The van der Waals surface area contributed by atoms with Crippen LogP contribution in [0.25, 0.3) is 0 Å². The standard InChI is InChI=1S/C16H15BrF2O/c1-10(2)12-5-3-4-6-15(12)20-16-13(18)7-11(9-17)8-14(16)19/h3-8,10H,9H2,1-2H3. The van der Waals surface area contributed by atoms with Gasteiger partial charge in [-0.3, -0.25) is 0 Å². The number of para-hydroxylation sites is 1. The van der Waals surface area contributed by atoms with Crippen LogP contribution in [-0.4, -0.2) is 0 Å². The van der Waals surface area contributed by atoms with Crippen molar-refractivity contribution in [1.29, 1.82) is 0 Å². The molecule has 0 aliphatic heterocycles. The zero-order valence-electron chi connectivity index (χ0n) is 11.3. The molecular formula is C16H15BrF2O. The highest BCUT2D eigenvalue weighted by molar-refractivity contribution is 9.08. The summed E-state index contributed by atoms with van der Waals surface area (Å²) in [6.07, 6.45) is 0. The molecule has 4 heteroatoms. The van der Waals surface area contributed by atoms with Crippen molar-refractivity contribution in [2.45, 2.75) is 25.1 Å². The first-order chi connectivity index (χ1) is 9.52. The Hall–Kier alpha value is -1.42. The minimum Gasteiger partial charge on any atom is -0.451 e. The molecule has 0 bridgehead atoms. The quantitative estimate of drug-likeness (QED) is 0.641. The fraction of sp³-hybridized carbons (Fsp3) is 0.250. The zero-order chi connectivity index (χ0) is 14.7. The number of ether oxygens (including phenoxy) is 1. The minimum absolute atomic E-state index is 0.208. The van der Waals surface area contributed by atoms with Crippen molar-refractivity contribution in [2.24, 2.45) is 0 Å². The van der Waals surface area contributed by atoms with Gasteiger partial charge in [0.15, 0.2) is 17.4 Å². The Bertz CT molecular complexity index is 588. The summed E-state index contributed by atoms with van der Waals surface area (Å²) in [6.45, 7) is 4.01. The number of alkyl halides is 1. The molecule has 0 saturated carbocycles. The monoisotopic (exact) mass is 340 g/mol. The van der Waals surface area contributed by atoms with Crippen LogP contribution >= 0.6 is 15.9 Å². The number of hydrogen-bond donors (Lipinski definition) is 0. The third-order valence-electron chi connectivity index (χ3n) is 2.97. The molecule has 0 spiro atoms. The van der Waals surface area contributed by atoms with E-state index < -0.39 is 11.6 Å². The van der Waals surface area contributed by atoms with Crippen LogP contribution in [0, 0.1) is 11.6 Å². The molecule has 0 N–H and O–H groups in total. The SMILES string of the molecule is CC(C)c1ccccc1Oc1c(F)cc(CBr)cc1F. The molecule has 2 aromatic rings. The molecule has 0 amide bonds. The van der Waals surface area contributed by atoms with E-state index in [0.717, 1.165) is 5.56 Å². The molecule has 2 aromatic carbocycles. The Morgan fingerprint density at radius 3 is 2.25 bits per heavy atom. The summed E-state index contributed by atoms with van der Waals surface area (Å²) < 4.78 is 33.3. The lowest BCUT2D eigenvalue weighted by Crippen LogP contribution is -1.98. The molecule has 1 nitrogen and oxygen atoms in total. The summed E-state index contributed by atoms with van der Waals surface area (Å²) in [5.41, 5.74) is 1.44. The topological polar surface area (TPSA) is 9.23 Å². The van der Waals surface area contributed by atoms with Gasteiger partial charge in [0, 0.05) is 5.33 Å². The van der Waals surface area contributed by atoms with Crippen LogP contribution in [0.5, 0.6) is 11.5 Å². The van der Waals surface area contributed by atoms with Crippen molar-refractivity contribution < 1.29 is 13.5 Å². The molecular weight excluding hydrogens is 326 g/mol. The lowest BCUT2D eigenvalue weighted by Gasteiger charge is -2.14. The fourth-order valence-electron chi connectivity index (χ4n) is 1.95. The molecule has 0 aliphatic rings. The van der Waals surface area contributed by atoms with Gasteiger partial charge in [0.2, 0.25) is 0 Å². The van der Waals surface area contributed by atoms with E-state index in [1.54, 1.807) is 12.1 Å². The normalized spacial score (nSPS) is 10.9. The Morgan fingerprint density at radius 2 is 1.70 bits per heavy atom. The van der Waals surface area contributed by atoms with E-state index in [0.29, 0.717) is 16.6 Å². The highest BCUT2D eigenvalue weighted by Crippen LogP contribution is 2.33. The van der Waals surface area contributed by atoms with Gasteiger partial charge in [-0.1, -0.05) is 48.0 Å². The van der Waals surface area contributed by atoms with Crippen molar-refractivity contribution in [3.63, 3.8) is 0 Å². The highest BCUT2D eigenvalue weighted by Gasteiger charge is 2.16. The molecule has 2 rings (SSSR count). The average molecular weight is 341 g/mol. The lowest BCUT2D eigenvalue weighted by atomic mass is 10.0. The van der Waals surface area contributed by atoms with Crippen molar-refractivity contribution in [3.05, 3.63) is 59.2 Å². The van der Waals surface area contributed by atoms with Crippen molar-refractivity contribution in [2.75, 3.05) is 0 Å². The fourth-order valence-corrected chi connectivity index (χ4v) is 2.27. The van der Waals surface area contributed by atoms with E-state index >= 15 is 0 Å². The summed E-state index contributed by atoms with van der Waals surface area (Å²) in [4.78, 5) is 0. The second kappa shape index (κ2) is 6.35. The Kier molecular flexibility index (Phi) is 4.76. The van der Waals surface area contributed by atoms with Gasteiger partial charge in [0.25, 0.3) is 0 Å². The largest absolute Gasteiger partial charge is 0.451 e. The average Bonchev–Trinajstić information content (AvgIpc) is 2.42. The van der Waals surface area contributed by atoms with E-state index in [9.17, 15) is 8.78 Å². The van der Waals surface area contributed by atoms with Crippen LogP contribution in [0.1, 0.15) is 30.9 Å². The Morgan fingerprint density at radius 1 is 1.10 bits per heavy atom.